The summed E-state index contributed by atoms with van der Waals surface area (Å²) in [5.41, 5.74) is 1.47. The SMILES string of the molecule is CC(=O)N(C(=O)Nc1ccccc1)c1ccc(-c2ccccc2)o1. The average Bonchev–Trinajstić information content (AvgIpc) is 3.06. The van der Waals surface area contributed by atoms with Crippen molar-refractivity contribution < 1.29 is 14.0 Å². The molecule has 0 saturated carbocycles. The third-order valence-electron chi connectivity index (χ3n) is 3.41. The van der Waals surface area contributed by atoms with Gasteiger partial charge in [0.2, 0.25) is 11.8 Å². The molecule has 1 N–H and O–H groups in total. The summed E-state index contributed by atoms with van der Waals surface area (Å²) in [5.74, 6) is 0.330. The molecule has 0 aliphatic heterocycles. The highest BCUT2D eigenvalue weighted by Crippen LogP contribution is 2.27. The molecule has 0 bridgehead atoms. The van der Waals surface area contributed by atoms with E-state index in [9.17, 15) is 9.59 Å². The van der Waals surface area contributed by atoms with Crippen LogP contribution in [0.25, 0.3) is 11.3 Å². The number of nitrogens with one attached hydrogen (secondary N) is 1. The third kappa shape index (κ3) is 3.35. The number of hydrogen-bond donors (Lipinski definition) is 1. The zero-order chi connectivity index (χ0) is 16.9. The maximum absolute atomic E-state index is 12.4. The summed E-state index contributed by atoms with van der Waals surface area (Å²) in [6, 6.07) is 21.2. The summed E-state index contributed by atoms with van der Waals surface area (Å²) in [4.78, 5) is 25.3. The molecule has 0 aliphatic carbocycles. The molecule has 120 valence electrons. The van der Waals surface area contributed by atoms with Crippen LogP contribution in [0.1, 0.15) is 6.92 Å². The number of imide groups is 1. The molecule has 2 aromatic carbocycles. The molecular weight excluding hydrogens is 304 g/mol. The van der Waals surface area contributed by atoms with Gasteiger partial charge in [0.05, 0.1) is 0 Å². The van der Waals surface area contributed by atoms with Crippen LogP contribution < -0.4 is 10.2 Å². The summed E-state index contributed by atoms with van der Waals surface area (Å²) < 4.78 is 5.70. The number of furan rings is 1. The van der Waals surface area contributed by atoms with Gasteiger partial charge < -0.3 is 9.73 Å². The molecule has 0 atom stereocenters. The van der Waals surface area contributed by atoms with E-state index in [-0.39, 0.29) is 5.88 Å². The minimum Gasteiger partial charge on any atom is -0.440 e. The first kappa shape index (κ1) is 15.6. The maximum atomic E-state index is 12.4. The van der Waals surface area contributed by atoms with E-state index in [1.807, 2.05) is 36.4 Å². The van der Waals surface area contributed by atoms with Gasteiger partial charge in [-0.15, -0.1) is 0 Å². The molecule has 5 heteroatoms. The fourth-order valence-corrected chi connectivity index (χ4v) is 2.30. The summed E-state index contributed by atoms with van der Waals surface area (Å²) >= 11 is 0. The van der Waals surface area contributed by atoms with Crippen LogP contribution in [0.15, 0.2) is 77.2 Å². The second kappa shape index (κ2) is 6.83. The molecule has 0 saturated heterocycles. The van der Waals surface area contributed by atoms with Gasteiger partial charge in [0.15, 0.2) is 0 Å². The molecule has 3 amide bonds. The summed E-state index contributed by atoms with van der Waals surface area (Å²) in [6.45, 7) is 1.31. The van der Waals surface area contributed by atoms with Gasteiger partial charge in [0.1, 0.15) is 5.76 Å². The average molecular weight is 320 g/mol. The highest BCUT2D eigenvalue weighted by Gasteiger charge is 2.23. The molecule has 0 aliphatic rings. The van der Waals surface area contributed by atoms with E-state index in [0.29, 0.717) is 11.4 Å². The highest BCUT2D eigenvalue weighted by molar-refractivity contribution is 6.17. The first-order valence-corrected chi connectivity index (χ1v) is 7.47. The number of amides is 3. The second-order valence-electron chi connectivity index (χ2n) is 5.15. The molecule has 5 nitrogen and oxygen atoms in total. The molecule has 0 spiro atoms. The molecule has 0 unspecified atom stereocenters. The van der Waals surface area contributed by atoms with Gasteiger partial charge in [-0.05, 0) is 18.2 Å². The molecule has 0 radical (unpaired) electrons. The third-order valence-corrected chi connectivity index (χ3v) is 3.41. The monoisotopic (exact) mass is 320 g/mol. The fraction of sp³-hybridized carbons (Fsp3) is 0.0526. The Hall–Kier alpha value is -3.34. The van der Waals surface area contributed by atoms with E-state index < -0.39 is 11.9 Å². The van der Waals surface area contributed by atoms with E-state index in [1.165, 1.54) is 6.92 Å². The van der Waals surface area contributed by atoms with Gasteiger partial charge in [0.25, 0.3) is 0 Å². The van der Waals surface area contributed by atoms with Gasteiger partial charge in [-0.1, -0.05) is 48.5 Å². The van der Waals surface area contributed by atoms with Crippen molar-refractivity contribution in [3.63, 3.8) is 0 Å². The van der Waals surface area contributed by atoms with Crippen LogP contribution >= 0.6 is 0 Å². The van der Waals surface area contributed by atoms with Crippen LogP contribution in [0.5, 0.6) is 0 Å². The van der Waals surface area contributed by atoms with E-state index in [0.717, 1.165) is 10.5 Å². The molecule has 1 heterocycles. The summed E-state index contributed by atoms with van der Waals surface area (Å²) in [7, 11) is 0. The van der Waals surface area contributed by atoms with Gasteiger partial charge >= 0.3 is 6.03 Å². The Bertz CT molecular complexity index is 841. The number of rotatable bonds is 3. The first-order chi connectivity index (χ1) is 11.6. The van der Waals surface area contributed by atoms with Crippen LogP contribution in [-0.2, 0) is 4.79 Å². The van der Waals surface area contributed by atoms with Gasteiger partial charge in [-0.3, -0.25) is 4.79 Å². The molecule has 1 aromatic heterocycles. The minimum atomic E-state index is -0.567. The van der Waals surface area contributed by atoms with Crippen molar-refractivity contribution in [2.45, 2.75) is 6.92 Å². The van der Waals surface area contributed by atoms with Crippen molar-refractivity contribution in [1.82, 2.24) is 0 Å². The van der Waals surface area contributed by atoms with Gasteiger partial charge in [0, 0.05) is 24.2 Å². The van der Waals surface area contributed by atoms with Gasteiger partial charge in [-0.2, -0.15) is 0 Å². The Morgan fingerprint density at radius 1 is 0.875 bits per heavy atom. The van der Waals surface area contributed by atoms with Crippen molar-refractivity contribution in [3.05, 3.63) is 72.8 Å². The molecule has 3 rings (SSSR count). The number of carbonyl (C=O) groups is 2. The number of benzene rings is 2. The Balaban J connectivity index is 1.85. The normalized spacial score (nSPS) is 10.2. The Labute approximate surface area is 139 Å². The van der Waals surface area contributed by atoms with Crippen LogP contribution in [0, 0.1) is 0 Å². The number of nitrogens with zero attached hydrogens (tertiary/aromatic N) is 1. The van der Waals surface area contributed by atoms with Gasteiger partial charge in [-0.25, -0.2) is 9.69 Å². The highest BCUT2D eigenvalue weighted by atomic mass is 16.4. The quantitative estimate of drug-likeness (QED) is 0.771. The van der Waals surface area contributed by atoms with Crippen molar-refractivity contribution >= 4 is 23.5 Å². The van der Waals surface area contributed by atoms with Crippen LogP contribution in [0.3, 0.4) is 0 Å². The van der Waals surface area contributed by atoms with Crippen molar-refractivity contribution in [3.8, 4) is 11.3 Å². The predicted molar refractivity (Wildman–Crippen MR) is 92.8 cm³/mol. The van der Waals surface area contributed by atoms with E-state index in [1.54, 1.807) is 36.4 Å². The van der Waals surface area contributed by atoms with Crippen LogP contribution in [-0.4, -0.2) is 11.9 Å². The van der Waals surface area contributed by atoms with E-state index in [2.05, 4.69) is 5.32 Å². The Morgan fingerprint density at radius 2 is 1.50 bits per heavy atom. The van der Waals surface area contributed by atoms with E-state index >= 15 is 0 Å². The first-order valence-electron chi connectivity index (χ1n) is 7.47. The zero-order valence-electron chi connectivity index (χ0n) is 13.1. The number of anilines is 2. The molecule has 24 heavy (non-hydrogen) atoms. The second-order valence-corrected chi connectivity index (χ2v) is 5.15. The van der Waals surface area contributed by atoms with Crippen molar-refractivity contribution in [2.75, 3.05) is 10.2 Å². The van der Waals surface area contributed by atoms with Crippen molar-refractivity contribution in [2.24, 2.45) is 0 Å². The fourth-order valence-electron chi connectivity index (χ4n) is 2.30. The summed E-state index contributed by atoms with van der Waals surface area (Å²) in [5, 5.41) is 2.68. The lowest BCUT2D eigenvalue weighted by Gasteiger charge is -2.17. The van der Waals surface area contributed by atoms with E-state index in [4.69, 9.17) is 4.42 Å². The lowest BCUT2D eigenvalue weighted by molar-refractivity contribution is -0.115. The zero-order valence-corrected chi connectivity index (χ0v) is 13.1. The molecular formula is C19H16N2O3. The molecule has 0 fully saturated rings. The lowest BCUT2D eigenvalue weighted by atomic mass is 10.2. The van der Waals surface area contributed by atoms with Crippen molar-refractivity contribution in [1.29, 1.82) is 0 Å². The standard InChI is InChI=1S/C19H16N2O3/c1-14(22)21(19(23)20-16-10-6-3-7-11-16)18-13-12-17(24-18)15-8-4-2-5-9-15/h2-13H,1H3,(H,20,23). The Kier molecular flexibility index (Phi) is 4.43. The smallest absolute Gasteiger partial charge is 0.335 e. The lowest BCUT2D eigenvalue weighted by Crippen LogP contribution is -2.38. The number of carbonyl (C=O) groups excluding carboxylic acids is 2. The minimum absolute atomic E-state index is 0.176. The van der Waals surface area contributed by atoms with Crippen LogP contribution in [0.2, 0.25) is 0 Å². The summed E-state index contributed by atoms with van der Waals surface area (Å²) in [6.07, 6.45) is 0. The number of para-hydroxylation sites is 1. The topological polar surface area (TPSA) is 62.6 Å². The van der Waals surface area contributed by atoms with Crippen LogP contribution in [0.4, 0.5) is 16.4 Å². The Morgan fingerprint density at radius 3 is 2.12 bits per heavy atom. The number of hydrogen-bond acceptors (Lipinski definition) is 3. The number of urea groups is 1. The maximum Gasteiger partial charge on any atom is 0.335 e. The molecule has 3 aromatic rings. The largest absolute Gasteiger partial charge is 0.440 e. The predicted octanol–water partition coefficient (Wildman–Crippen LogP) is 4.53.